The highest BCUT2D eigenvalue weighted by molar-refractivity contribution is 5.78. The minimum atomic E-state index is -4.44. The normalized spacial score (nSPS) is 11.5. The summed E-state index contributed by atoms with van der Waals surface area (Å²) in [7, 11) is 3.14. The summed E-state index contributed by atoms with van der Waals surface area (Å²) >= 11 is 0. The van der Waals surface area contributed by atoms with E-state index < -0.39 is 11.7 Å². The molecule has 234 valence electrons. The average molecular weight is 607 g/mol. The number of carbonyl (C=O) groups excluding carboxylic acids is 1. The number of alkyl halides is 3. The number of pyridine rings is 1. The van der Waals surface area contributed by atoms with E-state index in [1.807, 2.05) is 0 Å². The molecule has 1 N–H and O–H groups in total. The molecule has 1 amide bonds. The smallest absolute Gasteiger partial charge is 0.416 e. The Morgan fingerprint density at radius 3 is 2.19 bits per heavy atom. The first-order valence-electron chi connectivity index (χ1n) is 13.7. The fourth-order valence-electron chi connectivity index (χ4n) is 3.96. The summed E-state index contributed by atoms with van der Waals surface area (Å²) in [4.78, 5) is 16.4. The zero-order valence-electron chi connectivity index (χ0n) is 24.3. The standard InChI is InChI=1S/C31H37F3N2O7/c1-38-12-13-41-16-17-42-15-14-40-11-10-36-30(37)22-43-21-27-19-25(8-9-35-27)28-20-24(6-7-29(28)39-2)23-4-3-5-26(18-23)31(32,33)34/h3-9,18-20H,10-17,21-22H2,1-2H3,(H,36,37). The van der Waals surface area contributed by atoms with Crippen molar-refractivity contribution in [3.63, 3.8) is 0 Å². The molecule has 0 aliphatic rings. The van der Waals surface area contributed by atoms with Crippen LogP contribution in [0.25, 0.3) is 22.3 Å². The van der Waals surface area contributed by atoms with Crippen LogP contribution in [0.4, 0.5) is 13.2 Å². The van der Waals surface area contributed by atoms with Gasteiger partial charge in [-0.2, -0.15) is 13.2 Å². The molecule has 0 radical (unpaired) electrons. The number of ether oxygens (including phenoxy) is 6. The zero-order chi connectivity index (χ0) is 30.9. The van der Waals surface area contributed by atoms with Gasteiger partial charge in [0, 0.05) is 25.4 Å². The van der Waals surface area contributed by atoms with E-state index in [-0.39, 0.29) is 19.1 Å². The molecule has 0 saturated carbocycles. The number of methoxy groups -OCH3 is 2. The summed E-state index contributed by atoms with van der Waals surface area (Å²) in [6, 6.07) is 13.9. The first kappa shape index (κ1) is 33.9. The molecule has 1 aromatic heterocycles. The Balaban J connectivity index is 1.44. The lowest BCUT2D eigenvalue weighted by Gasteiger charge is -2.13. The molecule has 0 fully saturated rings. The second-order valence-electron chi connectivity index (χ2n) is 9.20. The number of hydrogen-bond donors (Lipinski definition) is 1. The van der Waals surface area contributed by atoms with E-state index in [4.69, 9.17) is 28.4 Å². The van der Waals surface area contributed by atoms with Gasteiger partial charge in [-0.1, -0.05) is 18.2 Å². The van der Waals surface area contributed by atoms with Gasteiger partial charge in [0.1, 0.15) is 12.4 Å². The molecule has 0 aliphatic heterocycles. The zero-order valence-corrected chi connectivity index (χ0v) is 24.3. The molecule has 0 aliphatic carbocycles. The molecule has 3 aromatic rings. The van der Waals surface area contributed by atoms with Gasteiger partial charge in [0.2, 0.25) is 5.91 Å². The lowest BCUT2D eigenvalue weighted by atomic mass is 9.97. The molecule has 43 heavy (non-hydrogen) atoms. The molecule has 0 bridgehead atoms. The Labute approximate surface area is 249 Å². The SMILES string of the molecule is COCCOCCOCCOCCNC(=O)COCc1cc(-c2cc(-c3cccc(C(F)(F)F)c3)ccc2OC)ccn1. The van der Waals surface area contributed by atoms with Crippen LogP contribution < -0.4 is 10.1 Å². The van der Waals surface area contributed by atoms with Crippen LogP contribution >= 0.6 is 0 Å². The van der Waals surface area contributed by atoms with Crippen LogP contribution in [0.15, 0.2) is 60.8 Å². The summed E-state index contributed by atoms with van der Waals surface area (Å²) in [5.41, 5.74) is 2.31. The van der Waals surface area contributed by atoms with Gasteiger partial charge in [-0.3, -0.25) is 9.78 Å². The number of nitrogens with one attached hydrogen (secondary N) is 1. The second-order valence-corrected chi connectivity index (χ2v) is 9.20. The summed E-state index contributed by atoms with van der Waals surface area (Å²) in [6.45, 7) is 3.46. The van der Waals surface area contributed by atoms with Gasteiger partial charge in [0.25, 0.3) is 0 Å². The predicted octanol–water partition coefficient (Wildman–Crippen LogP) is 4.77. The third kappa shape index (κ3) is 11.9. The summed E-state index contributed by atoms with van der Waals surface area (Å²) < 4.78 is 71.7. The maximum Gasteiger partial charge on any atom is 0.416 e. The van der Waals surface area contributed by atoms with Gasteiger partial charge < -0.3 is 33.7 Å². The van der Waals surface area contributed by atoms with Gasteiger partial charge in [-0.15, -0.1) is 0 Å². The van der Waals surface area contributed by atoms with Crippen molar-refractivity contribution in [1.29, 1.82) is 0 Å². The largest absolute Gasteiger partial charge is 0.496 e. The Kier molecular flexibility index (Phi) is 14.4. The monoisotopic (exact) mass is 606 g/mol. The number of amides is 1. The number of nitrogens with zero attached hydrogens (tertiary/aromatic N) is 1. The first-order chi connectivity index (χ1) is 20.8. The van der Waals surface area contributed by atoms with Crippen LogP contribution in [0.3, 0.4) is 0 Å². The van der Waals surface area contributed by atoms with E-state index >= 15 is 0 Å². The van der Waals surface area contributed by atoms with Crippen LogP contribution in [0, 0.1) is 0 Å². The van der Waals surface area contributed by atoms with Crippen LogP contribution in [-0.4, -0.2) is 84.5 Å². The highest BCUT2D eigenvalue weighted by Crippen LogP contribution is 2.36. The van der Waals surface area contributed by atoms with Gasteiger partial charge in [-0.05, 0) is 53.1 Å². The topological polar surface area (TPSA) is 97.4 Å². The van der Waals surface area contributed by atoms with E-state index in [0.29, 0.717) is 80.9 Å². The van der Waals surface area contributed by atoms with E-state index in [0.717, 1.165) is 17.7 Å². The van der Waals surface area contributed by atoms with Crippen molar-refractivity contribution in [2.75, 3.05) is 73.6 Å². The second kappa shape index (κ2) is 18.2. The number of benzene rings is 2. The van der Waals surface area contributed by atoms with E-state index in [2.05, 4.69) is 10.3 Å². The van der Waals surface area contributed by atoms with Crippen LogP contribution in [0.1, 0.15) is 11.3 Å². The highest BCUT2D eigenvalue weighted by Gasteiger charge is 2.30. The molecule has 0 spiro atoms. The first-order valence-corrected chi connectivity index (χ1v) is 13.7. The molecule has 0 saturated heterocycles. The number of rotatable bonds is 19. The molecule has 0 unspecified atom stereocenters. The van der Waals surface area contributed by atoms with Gasteiger partial charge in [-0.25, -0.2) is 0 Å². The molecule has 12 heteroatoms. The summed E-state index contributed by atoms with van der Waals surface area (Å²) in [5.74, 6) is 0.258. The summed E-state index contributed by atoms with van der Waals surface area (Å²) in [5, 5.41) is 2.72. The van der Waals surface area contributed by atoms with Crippen molar-refractivity contribution in [2.24, 2.45) is 0 Å². The Morgan fingerprint density at radius 1 is 0.791 bits per heavy atom. The van der Waals surface area contributed by atoms with Crippen molar-refractivity contribution in [1.82, 2.24) is 10.3 Å². The molecular formula is C31H37F3N2O7. The van der Waals surface area contributed by atoms with Crippen molar-refractivity contribution in [3.8, 4) is 28.0 Å². The van der Waals surface area contributed by atoms with Crippen molar-refractivity contribution < 1.29 is 46.4 Å². The lowest BCUT2D eigenvalue weighted by Crippen LogP contribution is -2.31. The van der Waals surface area contributed by atoms with Crippen LogP contribution in [0.2, 0.25) is 0 Å². The molecule has 0 atom stereocenters. The molecule has 3 rings (SSSR count). The number of aromatic nitrogens is 1. The quantitative estimate of drug-likeness (QED) is 0.195. The maximum absolute atomic E-state index is 13.2. The third-order valence-electron chi connectivity index (χ3n) is 6.08. The minimum Gasteiger partial charge on any atom is -0.496 e. The molecular weight excluding hydrogens is 569 g/mol. The Bertz CT molecular complexity index is 1270. The molecule has 2 aromatic carbocycles. The molecule has 9 nitrogen and oxygen atoms in total. The predicted molar refractivity (Wildman–Crippen MR) is 154 cm³/mol. The van der Waals surface area contributed by atoms with Gasteiger partial charge in [0.05, 0.1) is 71.2 Å². The van der Waals surface area contributed by atoms with Crippen molar-refractivity contribution >= 4 is 5.91 Å². The lowest BCUT2D eigenvalue weighted by molar-refractivity contribution is -0.137. The van der Waals surface area contributed by atoms with Crippen LogP contribution in [-0.2, 0) is 41.3 Å². The van der Waals surface area contributed by atoms with E-state index in [9.17, 15) is 18.0 Å². The van der Waals surface area contributed by atoms with Crippen molar-refractivity contribution in [3.05, 3.63) is 72.1 Å². The van der Waals surface area contributed by atoms with Crippen LogP contribution in [0.5, 0.6) is 5.75 Å². The van der Waals surface area contributed by atoms with Gasteiger partial charge in [0.15, 0.2) is 0 Å². The minimum absolute atomic E-state index is 0.0832. The van der Waals surface area contributed by atoms with E-state index in [1.165, 1.54) is 13.2 Å². The van der Waals surface area contributed by atoms with Crippen molar-refractivity contribution in [2.45, 2.75) is 12.8 Å². The maximum atomic E-state index is 13.2. The third-order valence-corrected chi connectivity index (χ3v) is 6.08. The fraction of sp³-hybridized carbons (Fsp3) is 0.419. The fourth-order valence-corrected chi connectivity index (χ4v) is 3.96. The molecule has 1 heterocycles. The summed E-state index contributed by atoms with van der Waals surface area (Å²) in [6.07, 6.45) is -2.84. The highest BCUT2D eigenvalue weighted by atomic mass is 19.4. The number of hydrogen-bond acceptors (Lipinski definition) is 8. The average Bonchev–Trinajstić information content (AvgIpc) is 3.01. The van der Waals surface area contributed by atoms with E-state index in [1.54, 1.807) is 49.7 Å². The number of halogens is 3. The van der Waals surface area contributed by atoms with Gasteiger partial charge >= 0.3 is 6.18 Å². The Hall–Kier alpha value is -3.55. The Morgan fingerprint density at radius 2 is 1.49 bits per heavy atom. The number of carbonyl (C=O) groups is 1.